The van der Waals surface area contributed by atoms with Crippen molar-refractivity contribution in [2.75, 3.05) is 0 Å². The Hall–Kier alpha value is -0.700. The standard InChI is InChI=1S/C10H13NOS/c12-7-9-6-10(11-13-9)8-4-2-1-3-5-8/h6-8H,1-5H2. The van der Waals surface area contributed by atoms with E-state index in [-0.39, 0.29) is 0 Å². The molecule has 3 heteroatoms. The smallest absolute Gasteiger partial charge is 0.161 e. The molecule has 0 atom stereocenters. The molecular weight excluding hydrogens is 182 g/mol. The molecule has 2 rings (SSSR count). The zero-order valence-corrected chi connectivity index (χ0v) is 8.35. The highest BCUT2D eigenvalue weighted by Gasteiger charge is 2.17. The zero-order valence-electron chi connectivity index (χ0n) is 7.53. The van der Waals surface area contributed by atoms with Crippen LogP contribution in [0.15, 0.2) is 6.07 Å². The maximum Gasteiger partial charge on any atom is 0.161 e. The molecule has 1 fully saturated rings. The summed E-state index contributed by atoms with van der Waals surface area (Å²) in [5, 5.41) is 0. The fourth-order valence-electron chi connectivity index (χ4n) is 1.95. The number of carbonyl (C=O) groups excluding carboxylic acids is 1. The molecule has 1 aromatic rings. The van der Waals surface area contributed by atoms with Gasteiger partial charge >= 0.3 is 0 Å². The Morgan fingerprint density at radius 2 is 2.15 bits per heavy atom. The van der Waals surface area contributed by atoms with E-state index in [0.29, 0.717) is 5.92 Å². The van der Waals surface area contributed by atoms with Crippen LogP contribution >= 0.6 is 11.5 Å². The highest BCUT2D eigenvalue weighted by molar-refractivity contribution is 7.07. The fraction of sp³-hybridized carbons (Fsp3) is 0.600. The van der Waals surface area contributed by atoms with Crippen LogP contribution in [0.2, 0.25) is 0 Å². The number of hydrogen-bond acceptors (Lipinski definition) is 3. The molecule has 70 valence electrons. The third-order valence-electron chi connectivity index (χ3n) is 2.69. The van der Waals surface area contributed by atoms with Gasteiger partial charge in [-0.15, -0.1) is 0 Å². The molecule has 0 spiro atoms. The molecule has 0 N–H and O–H groups in total. The molecule has 0 unspecified atom stereocenters. The Morgan fingerprint density at radius 3 is 2.77 bits per heavy atom. The molecule has 0 saturated heterocycles. The molecule has 0 amide bonds. The van der Waals surface area contributed by atoms with Gasteiger partial charge in [0.2, 0.25) is 0 Å². The van der Waals surface area contributed by atoms with E-state index >= 15 is 0 Å². The number of aldehydes is 1. The van der Waals surface area contributed by atoms with Crippen LogP contribution in [-0.2, 0) is 0 Å². The molecule has 1 aromatic heterocycles. The van der Waals surface area contributed by atoms with Crippen LogP contribution in [0.1, 0.15) is 53.4 Å². The van der Waals surface area contributed by atoms with E-state index in [9.17, 15) is 4.79 Å². The summed E-state index contributed by atoms with van der Waals surface area (Å²) in [4.78, 5) is 11.2. The third kappa shape index (κ3) is 1.97. The van der Waals surface area contributed by atoms with Gasteiger partial charge in [-0.05, 0) is 30.4 Å². The number of carbonyl (C=O) groups is 1. The Balaban J connectivity index is 2.09. The van der Waals surface area contributed by atoms with Gasteiger partial charge in [0.05, 0.1) is 10.6 Å². The first-order valence-electron chi connectivity index (χ1n) is 4.82. The van der Waals surface area contributed by atoms with Crippen LogP contribution in [0.3, 0.4) is 0 Å². The van der Waals surface area contributed by atoms with Crippen LogP contribution in [0.25, 0.3) is 0 Å². The van der Waals surface area contributed by atoms with Crippen LogP contribution in [-0.4, -0.2) is 10.7 Å². The monoisotopic (exact) mass is 195 g/mol. The van der Waals surface area contributed by atoms with Crippen molar-refractivity contribution in [1.29, 1.82) is 0 Å². The highest BCUT2D eigenvalue weighted by Crippen LogP contribution is 2.32. The molecule has 1 aliphatic rings. The Bertz CT molecular complexity index is 289. The summed E-state index contributed by atoms with van der Waals surface area (Å²) in [5.41, 5.74) is 1.15. The normalized spacial score (nSPS) is 18.8. The summed E-state index contributed by atoms with van der Waals surface area (Å²) < 4.78 is 4.32. The second kappa shape index (κ2) is 4.01. The van der Waals surface area contributed by atoms with Gasteiger partial charge in [0, 0.05) is 5.92 Å². The number of nitrogens with zero attached hydrogens (tertiary/aromatic N) is 1. The minimum Gasteiger partial charge on any atom is -0.297 e. The van der Waals surface area contributed by atoms with Crippen molar-refractivity contribution in [1.82, 2.24) is 4.37 Å². The van der Waals surface area contributed by atoms with E-state index < -0.39 is 0 Å². The lowest BCUT2D eigenvalue weighted by molar-refractivity contribution is 0.112. The third-order valence-corrected chi connectivity index (χ3v) is 3.41. The van der Waals surface area contributed by atoms with Crippen LogP contribution in [0, 0.1) is 0 Å². The van der Waals surface area contributed by atoms with Crippen molar-refractivity contribution >= 4 is 17.8 Å². The Labute approximate surface area is 82.1 Å². The molecule has 1 saturated carbocycles. The van der Waals surface area contributed by atoms with E-state index in [1.54, 1.807) is 0 Å². The summed E-state index contributed by atoms with van der Waals surface area (Å²) in [6.07, 6.45) is 7.40. The quantitative estimate of drug-likeness (QED) is 0.679. The molecule has 0 aromatic carbocycles. The van der Waals surface area contributed by atoms with Gasteiger partial charge in [-0.25, -0.2) is 0 Å². The maximum atomic E-state index is 10.5. The summed E-state index contributed by atoms with van der Waals surface area (Å²) >= 11 is 1.33. The minimum atomic E-state index is 0.624. The lowest BCUT2D eigenvalue weighted by atomic mass is 9.87. The van der Waals surface area contributed by atoms with Crippen molar-refractivity contribution in [3.63, 3.8) is 0 Å². The van der Waals surface area contributed by atoms with Crippen molar-refractivity contribution in [2.24, 2.45) is 0 Å². The second-order valence-electron chi connectivity index (χ2n) is 3.61. The van der Waals surface area contributed by atoms with Gasteiger partial charge < -0.3 is 0 Å². The SMILES string of the molecule is O=Cc1cc(C2CCCCC2)ns1. The summed E-state index contributed by atoms with van der Waals surface area (Å²) in [7, 11) is 0. The molecular formula is C10H13NOS. The van der Waals surface area contributed by atoms with E-state index in [0.717, 1.165) is 16.9 Å². The first-order chi connectivity index (χ1) is 6.40. The second-order valence-corrected chi connectivity index (χ2v) is 4.44. The van der Waals surface area contributed by atoms with Gasteiger partial charge in [0.1, 0.15) is 0 Å². The maximum absolute atomic E-state index is 10.5. The fourth-order valence-corrected chi connectivity index (χ4v) is 2.58. The Kier molecular flexibility index (Phi) is 2.74. The molecule has 1 heterocycles. The van der Waals surface area contributed by atoms with Crippen molar-refractivity contribution in [3.8, 4) is 0 Å². The van der Waals surface area contributed by atoms with Gasteiger partial charge in [-0.2, -0.15) is 4.37 Å². The molecule has 13 heavy (non-hydrogen) atoms. The molecule has 0 radical (unpaired) electrons. The summed E-state index contributed by atoms with van der Waals surface area (Å²) in [5.74, 6) is 0.624. The van der Waals surface area contributed by atoms with Crippen LogP contribution in [0.5, 0.6) is 0 Å². The van der Waals surface area contributed by atoms with Crippen LogP contribution < -0.4 is 0 Å². The lowest BCUT2D eigenvalue weighted by Crippen LogP contribution is -2.04. The van der Waals surface area contributed by atoms with Crippen molar-refractivity contribution < 1.29 is 4.79 Å². The summed E-state index contributed by atoms with van der Waals surface area (Å²) in [6.45, 7) is 0. The first kappa shape index (κ1) is 8.88. The average Bonchev–Trinajstić information content (AvgIpc) is 2.67. The Morgan fingerprint density at radius 1 is 1.38 bits per heavy atom. The number of aromatic nitrogens is 1. The van der Waals surface area contributed by atoms with E-state index in [4.69, 9.17) is 0 Å². The van der Waals surface area contributed by atoms with Gasteiger partial charge in [-0.3, -0.25) is 4.79 Å². The first-order valence-corrected chi connectivity index (χ1v) is 5.59. The predicted octanol–water partition coefficient (Wildman–Crippen LogP) is 3.00. The molecule has 1 aliphatic carbocycles. The van der Waals surface area contributed by atoms with E-state index in [2.05, 4.69) is 4.37 Å². The summed E-state index contributed by atoms with van der Waals surface area (Å²) in [6, 6.07) is 1.95. The number of rotatable bonds is 2. The van der Waals surface area contributed by atoms with Crippen molar-refractivity contribution in [2.45, 2.75) is 38.0 Å². The van der Waals surface area contributed by atoms with E-state index in [1.807, 2.05) is 6.07 Å². The predicted molar refractivity (Wildman–Crippen MR) is 53.3 cm³/mol. The largest absolute Gasteiger partial charge is 0.297 e. The molecule has 0 bridgehead atoms. The average molecular weight is 195 g/mol. The van der Waals surface area contributed by atoms with E-state index in [1.165, 1.54) is 43.6 Å². The van der Waals surface area contributed by atoms with Crippen LogP contribution in [0.4, 0.5) is 0 Å². The topological polar surface area (TPSA) is 30.0 Å². The van der Waals surface area contributed by atoms with Crippen molar-refractivity contribution in [3.05, 3.63) is 16.6 Å². The lowest BCUT2D eigenvalue weighted by Gasteiger charge is -2.19. The zero-order chi connectivity index (χ0) is 9.10. The molecule has 2 nitrogen and oxygen atoms in total. The van der Waals surface area contributed by atoms with Gasteiger partial charge in [-0.1, -0.05) is 19.3 Å². The highest BCUT2D eigenvalue weighted by atomic mass is 32.1. The van der Waals surface area contributed by atoms with Gasteiger partial charge in [0.25, 0.3) is 0 Å². The van der Waals surface area contributed by atoms with Gasteiger partial charge in [0.15, 0.2) is 6.29 Å². The minimum absolute atomic E-state index is 0.624. The number of hydrogen-bond donors (Lipinski definition) is 0. The molecule has 0 aliphatic heterocycles.